The van der Waals surface area contributed by atoms with Gasteiger partial charge in [0.05, 0.1) is 26.0 Å². The first-order valence-corrected chi connectivity index (χ1v) is 6.49. The number of aromatic nitrogens is 2. The molecule has 3 N–H and O–H groups in total. The summed E-state index contributed by atoms with van der Waals surface area (Å²) in [6, 6.07) is 9.76. The topological polar surface area (TPSA) is 94.1 Å². The summed E-state index contributed by atoms with van der Waals surface area (Å²) in [5.74, 6) is 1.03. The lowest BCUT2D eigenvalue weighted by Crippen LogP contribution is -2.15. The summed E-state index contributed by atoms with van der Waals surface area (Å²) in [4.78, 5) is 8.19. The van der Waals surface area contributed by atoms with Crippen LogP contribution in [0.4, 0.5) is 5.82 Å². The molecule has 0 unspecified atom stereocenters. The smallest absolute Gasteiger partial charge is 0.227 e. The van der Waals surface area contributed by atoms with Crippen molar-refractivity contribution in [1.29, 1.82) is 5.41 Å². The highest BCUT2D eigenvalue weighted by atomic mass is 16.5. The largest absolute Gasteiger partial charge is 0.480 e. The SMILES string of the molecule is COc1nc(C)nc(N)c1C(=N)COCc1ccccc1. The van der Waals surface area contributed by atoms with E-state index in [1.54, 1.807) is 6.92 Å². The van der Waals surface area contributed by atoms with Crippen molar-refractivity contribution in [1.82, 2.24) is 9.97 Å². The van der Waals surface area contributed by atoms with E-state index in [0.29, 0.717) is 23.9 Å². The summed E-state index contributed by atoms with van der Waals surface area (Å²) in [7, 11) is 1.49. The van der Waals surface area contributed by atoms with Crippen molar-refractivity contribution >= 4 is 11.5 Å². The van der Waals surface area contributed by atoms with E-state index >= 15 is 0 Å². The van der Waals surface area contributed by atoms with Gasteiger partial charge in [-0.3, -0.25) is 0 Å². The minimum atomic E-state index is 0.113. The minimum absolute atomic E-state index is 0.113. The average molecular weight is 286 g/mol. The van der Waals surface area contributed by atoms with Crippen LogP contribution < -0.4 is 10.5 Å². The van der Waals surface area contributed by atoms with Gasteiger partial charge in [0.15, 0.2) is 0 Å². The summed E-state index contributed by atoms with van der Waals surface area (Å²) in [5.41, 5.74) is 7.48. The summed E-state index contributed by atoms with van der Waals surface area (Å²) in [6.07, 6.45) is 0. The molecule has 6 nitrogen and oxygen atoms in total. The molecule has 0 atom stereocenters. The second kappa shape index (κ2) is 6.81. The second-order valence-corrected chi connectivity index (χ2v) is 4.50. The van der Waals surface area contributed by atoms with Crippen LogP contribution in [0.5, 0.6) is 5.88 Å². The molecule has 21 heavy (non-hydrogen) atoms. The molecule has 0 fully saturated rings. The fourth-order valence-corrected chi connectivity index (χ4v) is 1.92. The molecule has 2 rings (SSSR count). The number of nitrogen functional groups attached to an aromatic ring is 1. The van der Waals surface area contributed by atoms with Gasteiger partial charge in [0.2, 0.25) is 5.88 Å². The van der Waals surface area contributed by atoms with Crippen LogP contribution in [-0.4, -0.2) is 29.4 Å². The van der Waals surface area contributed by atoms with Crippen LogP contribution in [0, 0.1) is 12.3 Å². The van der Waals surface area contributed by atoms with E-state index in [2.05, 4.69) is 9.97 Å². The first-order valence-electron chi connectivity index (χ1n) is 6.49. The first kappa shape index (κ1) is 14.9. The molecule has 0 aliphatic heterocycles. The summed E-state index contributed by atoms with van der Waals surface area (Å²) in [6.45, 7) is 2.26. The van der Waals surface area contributed by atoms with Crippen LogP contribution in [0.1, 0.15) is 17.0 Å². The molecule has 0 saturated heterocycles. The van der Waals surface area contributed by atoms with Crippen molar-refractivity contribution in [2.75, 3.05) is 19.5 Å². The number of hydrogen-bond acceptors (Lipinski definition) is 6. The number of benzene rings is 1. The van der Waals surface area contributed by atoms with E-state index in [1.807, 2.05) is 30.3 Å². The quantitative estimate of drug-likeness (QED) is 0.792. The number of anilines is 1. The Labute approximate surface area is 123 Å². The molecule has 0 spiro atoms. The van der Waals surface area contributed by atoms with Gasteiger partial charge in [-0.2, -0.15) is 4.98 Å². The third-order valence-electron chi connectivity index (χ3n) is 2.87. The number of nitrogens with zero attached hydrogens (tertiary/aromatic N) is 2. The van der Waals surface area contributed by atoms with Crippen LogP contribution in [0.2, 0.25) is 0 Å². The molecular weight excluding hydrogens is 268 g/mol. The number of methoxy groups -OCH3 is 1. The number of aryl methyl sites for hydroxylation is 1. The number of hydrogen-bond donors (Lipinski definition) is 2. The van der Waals surface area contributed by atoms with Crippen molar-refractivity contribution in [2.45, 2.75) is 13.5 Å². The van der Waals surface area contributed by atoms with Crippen molar-refractivity contribution in [3.05, 3.63) is 47.3 Å². The summed E-state index contributed by atoms with van der Waals surface area (Å²) in [5, 5.41) is 8.09. The lowest BCUT2D eigenvalue weighted by molar-refractivity contribution is 0.158. The monoisotopic (exact) mass is 286 g/mol. The molecule has 0 aliphatic carbocycles. The average Bonchev–Trinajstić information content (AvgIpc) is 2.47. The maximum atomic E-state index is 8.09. The van der Waals surface area contributed by atoms with Gasteiger partial charge in [-0.15, -0.1) is 0 Å². The highest BCUT2D eigenvalue weighted by Gasteiger charge is 2.16. The zero-order chi connectivity index (χ0) is 15.2. The molecular formula is C15H18N4O2. The maximum absolute atomic E-state index is 8.09. The maximum Gasteiger partial charge on any atom is 0.227 e. The van der Waals surface area contributed by atoms with Crippen LogP contribution in [0.3, 0.4) is 0 Å². The number of nitrogens with two attached hydrogens (primary N) is 1. The molecule has 1 aromatic carbocycles. The minimum Gasteiger partial charge on any atom is -0.480 e. The Morgan fingerprint density at radius 2 is 1.95 bits per heavy atom. The lowest BCUT2D eigenvalue weighted by atomic mass is 10.2. The lowest BCUT2D eigenvalue weighted by Gasteiger charge is -2.12. The molecule has 0 amide bonds. The van der Waals surface area contributed by atoms with E-state index in [0.717, 1.165) is 5.56 Å². The van der Waals surface area contributed by atoms with Gasteiger partial charge in [-0.1, -0.05) is 30.3 Å². The van der Waals surface area contributed by atoms with Crippen molar-refractivity contribution < 1.29 is 9.47 Å². The molecule has 2 aromatic rings. The molecule has 0 bridgehead atoms. The van der Waals surface area contributed by atoms with Crippen molar-refractivity contribution in [3.63, 3.8) is 0 Å². The Morgan fingerprint density at radius 1 is 1.24 bits per heavy atom. The fourth-order valence-electron chi connectivity index (χ4n) is 1.92. The molecule has 110 valence electrons. The second-order valence-electron chi connectivity index (χ2n) is 4.50. The van der Waals surface area contributed by atoms with Crippen LogP contribution in [0.25, 0.3) is 0 Å². The highest BCUT2D eigenvalue weighted by molar-refractivity contribution is 6.04. The van der Waals surface area contributed by atoms with Crippen LogP contribution >= 0.6 is 0 Å². The van der Waals surface area contributed by atoms with Crippen LogP contribution in [0.15, 0.2) is 30.3 Å². The Kier molecular flexibility index (Phi) is 4.84. The number of ether oxygens (including phenoxy) is 2. The van der Waals surface area contributed by atoms with E-state index in [-0.39, 0.29) is 18.1 Å². The van der Waals surface area contributed by atoms with Gasteiger partial charge in [0, 0.05) is 0 Å². The van der Waals surface area contributed by atoms with Gasteiger partial charge in [-0.25, -0.2) is 4.98 Å². The van der Waals surface area contributed by atoms with Gasteiger partial charge < -0.3 is 20.6 Å². The summed E-state index contributed by atoms with van der Waals surface area (Å²) < 4.78 is 10.7. The number of rotatable bonds is 6. The fraction of sp³-hybridized carbons (Fsp3) is 0.267. The van der Waals surface area contributed by atoms with E-state index in [4.69, 9.17) is 20.6 Å². The predicted octanol–water partition coefficient (Wildman–Crippen LogP) is 1.96. The third-order valence-corrected chi connectivity index (χ3v) is 2.87. The molecule has 6 heteroatoms. The molecule has 1 aromatic heterocycles. The molecule has 0 aliphatic rings. The van der Waals surface area contributed by atoms with Gasteiger partial charge in [-0.05, 0) is 12.5 Å². The Morgan fingerprint density at radius 3 is 2.62 bits per heavy atom. The third kappa shape index (κ3) is 3.76. The van der Waals surface area contributed by atoms with E-state index in [1.165, 1.54) is 7.11 Å². The van der Waals surface area contributed by atoms with E-state index in [9.17, 15) is 0 Å². The predicted molar refractivity (Wildman–Crippen MR) is 80.7 cm³/mol. The zero-order valence-corrected chi connectivity index (χ0v) is 12.1. The molecule has 1 heterocycles. The van der Waals surface area contributed by atoms with E-state index < -0.39 is 0 Å². The molecule has 0 radical (unpaired) electrons. The van der Waals surface area contributed by atoms with Crippen molar-refractivity contribution in [2.24, 2.45) is 0 Å². The Balaban J connectivity index is 2.04. The van der Waals surface area contributed by atoms with Crippen molar-refractivity contribution in [3.8, 4) is 5.88 Å². The zero-order valence-electron chi connectivity index (χ0n) is 12.1. The Bertz CT molecular complexity index is 629. The standard InChI is InChI=1S/C15H18N4O2/c1-10-18-14(17)13(15(19-10)20-2)12(16)9-21-8-11-6-4-3-5-7-11/h3-7,16H,8-9H2,1-2H3,(H2,17,18,19). The molecule has 0 saturated carbocycles. The van der Waals surface area contributed by atoms with Gasteiger partial charge >= 0.3 is 0 Å². The number of nitrogens with one attached hydrogen (secondary N) is 1. The van der Waals surface area contributed by atoms with Crippen LogP contribution in [-0.2, 0) is 11.3 Å². The highest BCUT2D eigenvalue weighted by Crippen LogP contribution is 2.21. The summed E-state index contributed by atoms with van der Waals surface area (Å²) >= 11 is 0. The van der Waals surface area contributed by atoms with Gasteiger partial charge in [0.1, 0.15) is 17.2 Å². The normalized spacial score (nSPS) is 10.4. The first-order chi connectivity index (χ1) is 10.1. The van der Waals surface area contributed by atoms with Gasteiger partial charge in [0.25, 0.3) is 0 Å². The Hall–Kier alpha value is -2.47.